The fourth-order valence-electron chi connectivity index (χ4n) is 3.54. The van der Waals surface area contributed by atoms with Crippen LogP contribution in [0.4, 0.5) is 9.59 Å². The maximum atomic E-state index is 12.9. The van der Waals surface area contributed by atoms with Gasteiger partial charge in [0.25, 0.3) is 0 Å². The van der Waals surface area contributed by atoms with Crippen LogP contribution in [0, 0.1) is 0 Å². The van der Waals surface area contributed by atoms with Gasteiger partial charge in [-0.25, -0.2) is 18.0 Å². The average Bonchev–Trinajstić information content (AvgIpc) is 2.80. The minimum atomic E-state index is -4.26. The molecule has 3 N–H and O–H groups in total. The zero-order valence-electron chi connectivity index (χ0n) is 23.7. The van der Waals surface area contributed by atoms with E-state index < -0.39 is 39.7 Å². The predicted octanol–water partition coefficient (Wildman–Crippen LogP) is 2.10. The maximum Gasteiger partial charge on any atom is 0.408 e. The van der Waals surface area contributed by atoms with Gasteiger partial charge in [0.1, 0.15) is 18.2 Å². The number of rotatable bonds is 16. The van der Waals surface area contributed by atoms with Crippen LogP contribution in [0.15, 0.2) is 30.3 Å². The predicted molar refractivity (Wildman–Crippen MR) is 146 cm³/mol. The molecule has 0 fully saturated rings. The first-order valence-corrected chi connectivity index (χ1v) is 14.6. The molecule has 0 radical (unpaired) electrons. The molecule has 0 spiro atoms. The molecular formula is C26H44N4O8S. The number of unbranched alkanes of at least 4 members (excludes halogenated alkanes) is 1. The highest BCUT2D eigenvalue weighted by atomic mass is 32.2. The van der Waals surface area contributed by atoms with E-state index in [9.17, 15) is 27.4 Å². The van der Waals surface area contributed by atoms with Crippen LogP contribution in [0.25, 0.3) is 0 Å². The minimum Gasteiger partial charge on any atom is -0.748 e. The summed E-state index contributed by atoms with van der Waals surface area (Å²) in [7, 11) is -0.515. The molecule has 3 amide bonds. The largest absolute Gasteiger partial charge is 0.748 e. The molecule has 222 valence electrons. The number of alkyl carbamates (subject to hydrolysis) is 2. The Morgan fingerprint density at radius 1 is 0.949 bits per heavy atom. The van der Waals surface area contributed by atoms with Crippen molar-refractivity contribution in [1.29, 1.82) is 0 Å². The van der Waals surface area contributed by atoms with Gasteiger partial charge in [0.15, 0.2) is 0 Å². The summed E-state index contributed by atoms with van der Waals surface area (Å²) in [5.41, 5.74) is 0.154. The molecule has 0 saturated carbocycles. The van der Waals surface area contributed by atoms with Crippen molar-refractivity contribution < 1.29 is 41.3 Å². The molecule has 1 atom stereocenters. The van der Waals surface area contributed by atoms with Gasteiger partial charge in [0.05, 0.1) is 43.8 Å². The summed E-state index contributed by atoms with van der Waals surface area (Å²) in [5.74, 6) is -0.805. The maximum absolute atomic E-state index is 12.9. The van der Waals surface area contributed by atoms with Crippen molar-refractivity contribution >= 4 is 28.2 Å². The van der Waals surface area contributed by atoms with Crippen LogP contribution in [0.3, 0.4) is 0 Å². The molecular weight excluding hydrogens is 528 g/mol. The van der Waals surface area contributed by atoms with Crippen molar-refractivity contribution in [3.05, 3.63) is 35.9 Å². The number of hydrogen-bond acceptors (Lipinski definition) is 8. The number of amides is 3. The number of ether oxygens (including phenoxy) is 2. The molecule has 13 heteroatoms. The van der Waals surface area contributed by atoms with Crippen molar-refractivity contribution in [2.24, 2.45) is 0 Å². The molecule has 0 saturated heterocycles. The van der Waals surface area contributed by atoms with Crippen LogP contribution in [-0.4, -0.2) is 93.2 Å². The van der Waals surface area contributed by atoms with E-state index in [1.807, 2.05) is 44.4 Å². The second-order valence-corrected chi connectivity index (χ2v) is 12.5. The molecule has 0 aliphatic heterocycles. The Morgan fingerprint density at radius 2 is 1.62 bits per heavy atom. The van der Waals surface area contributed by atoms with Gasteiger partial charge in [0.2, 0.25) is 5.91 Å². The van der Waals surface area contributed by atoms with Crippen molar-refractivity contribution in [3.8, 4) is 0 Å². The van der Waals surface area contributed by atoms with E-state index in [-0.39, 0.29) is 25.5 Å². The van der Waals surface area contributed by atoms with Crippen molar-refractivity contribution in [3.63, 3.8) is 0 Å². The van der Waals surface area contributed by atoms with Gasteiger partial charge >= 0.3 is 12.2 Å². The molecule has 1 aromatic rings. The number of carbonyl (C=O) groups excluding carboxylic acids is 3. The van der Waals surface area contributed by atoms with E-state index in [1.54, 1.807) is 20.8 Å². The summed E-state index contributed by atoms with van der Waals surface area (Å²) in [4.78, 5) is 37.1. The lowest BCUT2D eigenvalue weighted by atomic mass is 10.1. The number of nitrogens with one attached hydrogen (secondary N) is 3. The summed E-state index contributed by atoms with van der Waals surface area (Å²) in [6.07, 6.45) is 0.411. The lowest BCUT2D eigenvalue weighted by Gasteiger charge is -2.30. The van der Waals surface area contributed by atoms with E-state index in [1.165, 1.54) is 0 Å². The average molecular weight is 573 g/mol. The lowest BCUT2D eigenvalue weighted by molar-refractivity contribution is -0.889. The van der Waals surface area contributed by atoms with Crippen molar-refractivity contribution in [2.45, 2.75) is 64.7 Å². The summed E-state index contributed by atoms with van der Waals surface area (Å²) in [5, 5.41) is 8.10. The van der Waals surface area contributed by atoms with Crippen LogP contribution >= 0.6 is 0 Å². The number of nitrogens with zero attached hydrogens (tertiary/aromatic N) is 1. The monoisotopic (exact) mass is 572 g/mol. The summed E-state index contributed by atoms with van der Waals surface area (Å²) in [6, 6.07) is 8.48. The zero-order chi connectivity index (χ0) is 29.5. The number of hydrogen-bond donors (Lipinski definition) is 3. The zero-order valence-corrected chi connectivity index (χ0v) is 24.5. The van der Waals surface area contributed by atoms with E-state index in [4.69, 9.17) is 9.47 Å². The van der Waals surface area contributed by atoms with Crippen LogP contribution in [0.1, 0.15) is 52.0 Å². The van der Waals surface area contributed by atoms with E-state index >= 15 is 0 Å². The van der Waals surface area contributed by atoms with Crippen LogP contribution < -0.4 is 16.0 Å². The molecule has 1 rings (SSSR count). The number of carbonyl (C=O) groups is 3. The van der Waals surface area contributed by atoms with Gasteiger partial charge in [-0.15, -0.1) is 0 Å². The highest BCUT2D eigenvalue weighted by Crippen LogP contribution is 2.09. The lowest BCUT2D eigenvalue weighted by Crippen LogP contribution is -2.51. The summed E-state index contributed by atoms with van der Waals surface area (Å²) in [6.45, 7) is 6.93. The third kappa shape index (κ3) is 18.1. The Hall–Kier alpha value is -2.90. The molecule has 0 heterocycles. The second kappa shape index (κ2) is 16.3. The first-order valence-electron chi connectivity index (χ1n) is 13.0. The fraction of sp³-hybridized carbons (Fsp3) is 0.654. The highest BCUT2D eigenvalue weighted by molar-refractivity contribution is 7.85. The van der Waals surface area contributed by atoms with Crippen LogP contribution in [0.2, 0.25) is 0 Å². The highest BCUT2D eigenvalue weighted by Gasteiger charge is 2.25. The quantitative estimate of drug-likeness (QED) is 0.154. The van der Waals surface area contributed by atoms with Crippen LogP contribution in [-0.2, 0) is 31.0 Å². The van der Waals surface area contributed by atoms with E-state index in [0.717, 1.165) is 5.56 Å². The molecule has 12 nitrogen and oxygen atoms in total. The standard InChI is InChI=1S/C26H44N4O8S/c1-26(2,3)38-25(33)29-22(23(31)27-16-18-30(4,5)17-11-19-39(34,35)36)14-9-10-15-28-24(32)37-20-21-12-7-6-8-13-21/h6-8,12-13,22H,9-11,14-20H2,1-5H3,(H3-,27,28,29,31,32,33,34,35,36). The number of quaternary nitrogens is 1. The first-order chi connectivity index (χ1) is 18.1. The molecule has 1 aromatic carbocycles. The molecule has 0 aliphatic rings. The van der Waals surface area contributed by atoms with Crippen molar-refractivity contribution in [1.82, 2.24) is 16.0 Å². The second-order valence-electron chi connectivity index (χ2n) is 11.0. The smallest absolute Gasteiger partial charge is 0.408 e. The Morgan fingerprint density at radius 3 is 2.23 bits per heavy atom. The normalized spacial score (nSPS) is 12.8. The third-order valence-electron chi connectivity index (χ3n) is 5.58. The molecule has 0 bridgehead atoms. The fourth-order valence-corrected chi connectivity index (χ4v) is 4.03. The Balaban J connectivity index is 2.50. The number of likely N-dealkylation sites (N-methyl/N-ethyl adjacent to an activating group) is 1. The third-order valence-corrected chi connectivity index (χ3v) is 6.37. The topological polar surface area (TPSA) is 163 Å². The van der Waals surface area contributed by atoms with E-state index in [2.05, 4.69) is 16.0 Å². The SMILES string of the molecule is CC(C)(C)OC(=O)NC(CCCCNC(=O)OCc1ccccc1)C(=O)NCC[N+](C)(C)CCCS(=O)(=O)[O-]. The molecule has 0 aromatic heterocycles. The Labute approximate surface area is 232 Å². The molecule has 1 unspecified atom stereocenters. The first kappa shape index (κ1) is 34.1. The van der Waals surface area contributed by atoms with Gasteiger partial charge < -0.3 is 34.5 Å². The Bertz CT molecular complexity index is 1010. The van der Waals surface area contributed by atoms with Gasteiger partial charge in [-0.1, -0.05) is 30.3 Å². The summed E-state index contributed by atoms with van der Waals surface area (Å²) < 4.78 is 43.3. The van der Waals surface area contributed by atoms with Crippen LogP contribution in [0.5, 0.6) is 0 Å². The number of benzene rings is 1. The van der Waals surface area contributed by atoms with Gasteiger partial charge in [-0.05, 0) is 45.6 Å². The Kier molecular flexibility index (Phi) is 14.2. The summed E-state index contributed by atoms with van der Waals surface area (Å²) >= 11 is 0. The van der Waals surface area contributed by atoms with Crippen molar-refractivity contribution in [2.75, 3.05) is 46.0 Å². The molecule has 39 heavy (non-hydrogen) atoms. The molecule has 0 aliphatic carbocycles. The van der Waals surface area contributed by atoms with Gasteiger partial charge in [-0.2, -0.15) is 0 Å². The van der Waals surface area contributed by atoms with E-state index in [0.29, 0.717) is 43.4 Å². The van der Waals surface area contributed by atoms with Gasteiger partial charge in [0, 0.05) is 18.7 Å². The minimum absolute atomic E-state index is 0.169. The van der Waals surface area contributed by atoms with Gasteiger partial charge in [-0.3, -0.25) is 4.79 Å².